The van der Waals surface area contributed by atoms with Gasteiger partial charge in [-0.15, -0.1) is 0 Å². The van der Waals surface area contributed by atoms with Crippen molar-refractivity contribution < 1.29 is 65.2 Å². The van der Waals surface area contributed by atoms with E-state index in [1.807, 2.05) is 0 Å². The minimum absolute atomic E-state index is 0. The van der Waals surface area contributed by atoms with E-state index in [2.05, 4.69) is 0 Å². The molecule has 0 unspecified atom stereocenters. The van der Waals surface area contributed by atoms with Crippen LogP contribution in [0.25, 0.3) is 0 Å². The standard InChI is InChI=1S/2C5H6O4.Zr/c2*1-3(6)2-4(7)5(8)9;/h2*2H2,1H3,(H,8,9);/q;;+2/p-2. The fourth-order valence-electron chi connectivity index (χ4n) is 0.597. The zero-order valence-corrected chi connectivity index (χ0v) is 12.6. The Morgan fingerprint density at radius 2 is 0.895 bits per heavy atom. The Balaban J connectivity index is -0.000000256. The van der Waals surface area contributed by atoms with Crippen LogP contribution in [0.5, 0.6) is 0 Å². The minimum atomic E-state index is -1.80. The molecule has 0 N–H and O–H groups in total. The molecular weight excluding hydrogens is 339 g/mol. The number of carbonyl (C=O) groups excluding carboxylic acids is 6. The van der Waals surface area contributed by atoms with E-state index >= 15 is 0 Å². The average molecular weight is 349 g/mol. The van der Waals surface area contributed by atoms with Gasteiger partial charge in [-0.1, -0.05) is 0 Å². The van der Waals surface area contributed by atoms with Gasteiger partial charge in [0.2, 0.25) is 0 Å². The van der Waals surface area contributed by atoms with E-state index in [-0.39, 0.29) is 26.2 Å². The Morgan fingerprint density at radius 3 is 0.947 bits per heavy atom. The van der Waals surface area contributed by atoms with Gasteiger partial charge in [-0.2, -0.15) is 0 Å². The monoisotopic (exact) mass is 348 g/mol. The van der Waals surface area contributed by atoms with Crippen LogP contribution in [0.15, 0.2) is 0 Å². The van der Waals surface area contributed by atoms with Crippen LogP contribution in [0.3, 0.4) is 0 Å². The van der Waals surface area contributed by atoms with E-state index in [1.54, 1.807) is 0 Å². The summed E-state index contributed by atoms with van der Waals surface area (Å²) in [5.41, 5.74) is 0. The molecule has 0 aliphatic carbocycles. The molecule has 0 saturated carbocycles. The van der Waals surface area contributed by atoms with Crippen molar-refractivity contribution in [3.05, 3.63) is 0 Å². The Labute approximate surface area is 127 Å². The summed E-state index contributed by atoms with van der Waals surface area (Å²) in [7, 11) is 0. The first kappa shape index (κ1) is 22.7. The summed E-state index contributed by atoms with van der Waals surface area (Å²) in [6.07, 6.45) is -1.13. The second kappa shape index (κ2) is 11.6. The molecule has 0 aromatic heterocycles. The van der Waals surface area contributed by atoms with E-state index in [9.17, 15) is 39.0 Å². The molecule has 19 heavy (non-hydrogen) atoms. The predicted octanol–water partition coefficient (Wildman–Crippen LogP) is -3.43. The van der Waals surface area contributed by atoms with Gasteiger partial charge < -0.3 is 19.8 Å². The van der Waals surface area contributed by atoms with Crippen molar-refractivity contribution >= 4 is 35.1 Å². The quantitative estimate of drug-likeness (QED) is 0.355. The van der Waals surface area contributed by atoms with Crippen LogP contribution >= 0.6 is 0 Å². The number of carboxylic acid groups (broad SMARTS) is 2. The SMILES string of the molecule is CC(=O)CC(=O)C(=O)[O-].CC(=O)CC(=O)C(=O)[O-].[Zr+2]. The van der Waals surface area contributed by atoms with Crippen molar-refractivity contribution in [2.75, 3.05) is 0 Å². The molecule has 0 amide bonds. The molecule has 0 aromatic rings. The van der Waals surface area contributed by atoms with E-state index in [1.165, 1.54) is 0 Å². The summed E-state index contributed by atoms with van der Waals surface area (Å²) in [6.45, 7) is 2.28. The van der Waals surface area contributed by atoms with Gasteiger partial charge in [0.1, 0.15) is 23.5 Å². The van der Waals surface area contributed by atoms with Crippen molar-refractivity contribution in [1.82, 2.24) is 0 Å². The van der Waals surface area contributed by atoms with E-state index in [0.29, 0.717) is 0 Å². The summed E-state index contributed by atoms with van der Waals surface area (Å²) in [6, 6.07) is 0. The van der Waals surface area contributed by atoms with Crippen LogP contribution in [0, 0.1) is 0 Å². The molecule has 0 aliphatic heterocycles. The van der Waals surface area contributed by atoms with Crippen molar-refractivity contribution in [1.29, 1.82) is 0 Å². The van der Waals surface area contributed by atoms with Crippen LogP contribution < -0.4 is 10.2 Å². The summed E-state index contributed by atoms with van der Waals surface area (Å²) in [4.78, 5) is 59.5. The largest absolute Gasteiger partial charge is 2.00 e. The van der Waals surface area contributed by atoms with Gasteiger partial charge in [0.05, 0.1) is 12.8 Å². The Kier molecular flexibility index (Phi) is 13.8. The summed E-state index contributed by atoms with van der Waals surface area (Å²) in [5, 5.41) is 19.2. The summed E-state index contributed by atoms with van der Waals surface area (Å²) >= 11 is 0. The number of Topliss-reactive ketones (excluding diaryl/α,β-unsaturated/α-hetero) is 4. The molecule has 0 heterocycles. The van der Waals surface area contributed by atoms with Crippen molar-refractivity contribution in [2.24, 2.45) is 0 Å². The van der Waals surface area contributed by atoms with Crippen LogP contribution in [0.4, 0.5) is 0 Å². The number of rotatable bonds is 6. The molecule has 0 rings (SSSR count). The maximum atomic E-state index is 10.1. The van der Waals surface area contributed by atoms with Crippen molar-refractivity contribution in [3.63, 3.8) is 0 Å². The number of hydrogen-bond acceptors (Lipinski definition) is 8. The number of hydrogen-bond donors (Lipinski definition) is 0. The molecule has 0 fully saturated rings. The van der Waals surface area contributed by atoms with Gasteiger partial charge in [0.25, 0.3) is 0 Å². The molecule has 102 valence electrons. The number of carboxylic acids is 2. The Morgan fingerprint density at radius 1 is 0.684 bits per heavy atom. The Bertz CT molecular complexity index is 360. The van der Waals surface area contributed by atoms with Gasteiger partial charge in [-0.3, -0.25) is 19.2 Å². The third kappa shape index (κ3) is 16.5. The number of aliphatic carboxylic acids is 2. The summed E-state index contributed by atoms with van der Waals surface area (Å²) < 4.78 is 0. The third-order valence-corrected chi connectivity index (χ3v) is 1.27. The normalized spacial score (nSPS) is 8.11. The van der Waals surface area contributed by atoms with Crippen LogP contribution in [0.2, 0.25) is 0 Å². The second-order valence-electron chi connectivity index (χ2n) is 3.18. The van der Waals surface area contributed by atoms with E-state index < -0.39 is 47.9 Å². The first-order valence-electron chi connectivity index (χ1n) is 4.55. The average Bonchev–Trinajstić information content (AvgIpc) is 2.16. The molecule has 0 aliphatic rings. The topological polar surface area (TPSA) is 149 Å². The molecule has 8 nitrogen and oxygen atoms in total. The fraction of sp³-hybridized carbons (Fsp3) is 0.400. The molecule has 0 bridgehead atoms. The molecule has 0 saturated heterocycles. The maximum Gasteiger partial charge on any atom is 2.00 e. The first-order valence-corrected chi connectivity index (χ1v) is 4.55. The van der Waals surface area contributed by atoms with Crippen LogP contribution in [0.1, 0.15) is 26.7 Å². The predicted molar refractivity (Wildman–Crippen MR) is 50.6 cm³/mol. The molecule has 0 aromatic carbocycles. The first-order chi connectivity index (χ1) is 8.07. The molecule has 9 heteroatoms. The number of ketones is 4. The zero-order chi connectivity index (χ0) is 14.9. The van der Waals surface area contributed by atoms with Gasteiger partial charge in [-0.25, -0.2) is 0 Å². The van der Waals surface area contributed by atoms with Crippen LogP contribution in [-0.2, 0) is 55.0 Å². The Hall–Kier alpha value is -1.50. The van der Waals surface area contributed by atoms with Gasteiger partial charge in [0, 0.05) is 0 Å². The fourth-order valence-corrected chi connectivity index (χ4v) is 0.597. The smallest absolute Gasteiger partial charge is 0.542 e. The van der Waals surface area contributed by atoms with E-state index in [4.69, 9.17) is 0 Å². The van der Waals surface area contributed by atoms with Crippen molar-refractivity contribution in [2.45, 2.75) is 26.7 Å². The van der Waals surface area contributed by atoms with Gasteiger partial charge in [-0.05, 0) is 13.8 Å². The minimum Gasteiger partial charge on any atom is -0.542 e. The van der Waals surface area contributed by atoms with Gasteiger partial charge >= 0.3 is 26.2 Å². The molecule has 0 atom stereocenters. The zero-order valence-electron chi connectivity index (χ0n) is 10.2. The summed E-state index contributed by atoms with van der Waals surface area (Å²) in [5.74, 6) is -6.87. The number of carbonyl (C=O) groups is 6. The molecule has 0 spiro atoms. The molecular formula is C10H10O8Zr. The third-order valence-electron chi connectivity index (χ3n) is 1.27. The van der Waals surface area contributed by atoms with Crippen molar-refractivity contribution in [3.8, 4) is 0 Å². The maximum absolute atomic E-state index is 10.1. The molecule has 0 radical (unpaired) electrons. The van der Waals surface area contributed by atoms with Gasteiger partial charge in [0.15, 0.2) is 11.6 Å². The van der Waals surface area contributed by atoms with Crippen LogP contribution in [-0.4, -0.2) is 35.1 Å². The van der Waals surface area contributed by atoms with E-state index in [0.717, 1.165) is 13.8 Å². The second-order valence-corrected chi connectivity index (χ2v) is 3.18.